The molecule has 1 N–H and O–H groups in total. The molecule has 2 aromatic rings. The molecule has 0 aliphatic rings. The van der Waals surface area contributed by atoms with E-state index in [0.29, 0.717) is 17.0 Å². The highest BCUT2D eigenvalue weighted by molar-refractivity contribution is 6.04. The number of esters is 1. The van der Waals surface area contributed by atoms with Gasteiger partial charge >= 0.3 is 5.97 Å². The van der Waals surface area contributed by atoms with E-state index in [1.54, 1.807) is 30.3 Å². The van der Waals surface area contributed by atoms with Crippen molar-refractivity contribution in [1.29, 1.82) is 0 Å². The first kappa shape index (κ1) is 15.6. The monoisotopic (exact) mass is 299 g/mol. The summed E-state index contributed by atoms with van der Waals surface area (Å²) in [5, 5.41) is 2.80. The number of aryl methyl sites for hydroxylation is 1. The van der Waals surface area contributed by atoms with Gasteiger partial charge in [0.25, 0.3) is 5.91 Å². The second kappa shape index (κ2) is 7.26. The molecule has 0 saturated carbocycles. The lowest BCUT2D eigenvalue weighted by Crippen LogP contribution is -2.13. The lowest BCUT2D eigenvalue weighted by Gasteiger charge is -2.08. The van der Waals surface area contributed by atoms with E-state index in [9.17, 15) is 9.59 Å². The molecule has 0 saturated heterocycles. The first-order chi connectivity index (χ1) is 10.6. The van der Waals surface area contributed by atoms with Gasteiger partial charge in [-0.3, -0.25) is 4.79 Å². The summed E-state index contributed by atoms with van der Waals surface area (Å²) >= 11 is 0. The molecule has 1 amide bonds. The highest BCUT2D eigenvalue weighted by atomic mass is 16.6. The maximum absolute atomic E-state index is 12.1. The van der Waals surface area contributed by atoms with Gasteiger partial charge < -0.3 is 14.8 Å². The van der Waals surface area contributed by atoms with Gasteiger partial charge in [-0.15, -0.1) is 0 Å². The van der Waals surface area contributed by atoms with Crippen LogP contribution in [0.3, 0.4) is 0 Å². The molecule has 0 spiro atoms. The SMILES string of the molecule is COC(=O)COc1ccc(NC(=O)c2cccc(C)c2)cc1. The number of ether oxygens (including phenoxy) is 2. The lowest BCUT2D eigenvalue weighted by molar-refractivity contribution is -0.142. The van der Waals surface area contributed by atoms with E-state index in [2.05, 4.69) is 10.1 Å². The molecule has 0 aliphatic heterocycles. The van der Waals surface area contributed by atoms with Crippen LogP contribution in [0.25, 0.3) is 0 Å². The van der Waals surface area contributed by atoms with Crippen LogP contribution in [-0.2, 0) is 9.53 Å². The third kappa shape index (κ3) is 4.34. The quantitative estimate of drug-likeness (QED) is 0.862. The summed E-state index contributed by atoms with van der Waals surface area (Å²) in [6, 6.07) is 14.1. The Morgan fingerprint density at radius 2 is 1.82 bits per heavy atom. The third-order valence-corrected chi connectivity index (χ3v) is 2.98. The van der Waals surface area contributed by atoms with Crippen LogP contribution >= 0.6 is 0 Å². The minimum absolute atomic E-state index is 0.147. The Morgan fingerprint density at radius 3 is 2.45 bits per heavy atom. The van der Waals surface area contributed by atoms with Gasteiger partial charge in [0.15, 0.2) is 6.61 Å². The molecule has 2 rings (SSSR count). The van der Waals surface area contributed by atoms with Crippen LogP contribution in [-0.4, -0.2) is 25.6 Å². The number of nitrogens with one attached hydrogen (secondary N) is 1. The Kier molecular flexibility index (Phi) is 5.14. The Bertz CT molecular complexity index is 665. The van der Waals surface area contributed by atoms with Crippen molar-refractivity contribution in [3.05, 3.63) is 59.7 Å². The Labute approximate surface area is 128 Å². The summed E-state index contributed by atoms with van der Waals surface area (Å²) in [5.41, 5.74) is 2.28. The maximum atomic E-state index is 12.1. The van der Waals surface area contributed by atoms with Crippen molar-refractivity contribution in [2.75, 3.05) is 19.0 Å². The average Bonchev–Trinajstić information content (AvgIpc) is 2.53. The number of anilines is 1. The summed E-state index contributed by atoms with van der Waals surface area (Å²) < 4.78 is 9.72. The van der Waals surface area contributed by atoms with Crippen LogP contribution in [0, 0.1) is 6.92 Å². The largest absolute Gasteiger partial charge is 0.482 e. The predicted octanol–water partition coefficient (Wildman–Crippen LogP) is 2.80. The van der Waals surface area contributed by atoms with Crippen LogP contribution in [0.1, 0.15) is 15.9 Å². The Hall–Kier alpha value is -2.82. The van der Waals surface area contributed by atoms with Crippen molar-refractivity contribution in [2.24, 2.45) is 0 Å². The second-order valence-electron chi connectivity index (χ2n) is 4.71. The molecular formula is C17H17NO4. The van der Waals surface area contributed by atoms with Gasteiger partial charge in [-0.05, 0) is 43.3 Å². The summed E-state index contributed by atoms with van der Waals surface area (Å²) in [4.78, 5) is 23.1. The molecule has 5 nitrogen and oxygen atoms in total. The predicted molar refractivity (Wildman–Crippen MR) is 83.1 cm³/mol. The first-order valence-corrected chi connectivity index (χ1v) is 6.76. The van der Waals surface area contributed by atoms with Crippen molar-refractivity contribution in [1.82, 2.24) is 0 Å². The summed E-state index contributed by atoms with van der Waals surface area (Å²) in [6.45, 7) is 1.79. The van der Waals surface area contributed by atoms with Crippen LogP contribution in [0.2, 0.25) is 0 Å². The van der Waals surface area contributed by atoms with Gasteiger partial charge in [-0.25, -0.2) is 4.79 Å². The Balaban J connectivity index is 1.96. The zero-order chi connectivity index (χ0) is 15.9. The van der Waals surface area contributed by atoms with E-state index in [1.807, 2.05) is 25.1 Å². The number of hydrogen-bond donors (Lipinski definition) is 1. The number of hydrogen-bond acceptors (Lipinski definition) is 4. The molecule has 0 atom stereocenters. The van der Waals surface area contributed by atoms with Crippen LogP contribution < -0.4 is 10.1 Å². The highest BCUT2D eigenvalue weighted by Crippen LogP contribution is 2.16. The topological polar surface area (TPSA) is 64.6 Å². The van der Waals surface area contributed by atoms with Gasteiger partial charge in [-0.1, -0.05) is 17.7 Å². The molecule has 2 aromatic carbocycles. The fraction of sp³-hybridized carbons (Fsp3) is 0.176. The van der Waals surface area contributed by atoms with Crippen molar-refractivity contribution >= 4 is 17.6 Å². The standard InChI is InChI=1S/C17H17NO4/c1-12-4-3-5-13(10-12)17(20)18-14-6-8-15(9-7-14)22-11-16(19)21-2/h3-10H,11H2,1-2H3,(H,18,20). The fourth-order valence-corrected chi connectivity index (χ4v) is 1.83. The molecule has 0 radical (unpaired) electrons. The molecule has 0 aliphatic carbocycles. The molecule has 114 valence electrons. The van der Waals surface area contributed by atoms with Crippen LogP contribution in [0.15, 0.2) is 48.5 Å². The van der Waals surface area contributed by atoms with Crippen LogP contribution in [0.5, 0.6) is 5.75 Å². The molecule has 5 heteroatoms. The highest BCUT2D eigenvalue weighted by Gasteiger charge is 2.06. The number of rotatable bonds is 5. The van der Waals surface area contributed by atoms with E-state index in [-0.39, 0.29) is 12.5 Å². The lowest BCUT2D eigenvalue weighted by atomic mass is 10.1. The van der Waals surface area contributed by atoms with Gasteiger partial charge in [0.1, 0.15) is 5.75 Å². The smallest absolute Gasteiger partial charge is 0.343 e. The van der Waals surface area contributed by atoms with E-state index in [1.165, 1.54) is 7.11 Å². The van der Waals surface area contributed by atoms with Crippen molar-refractivity contribution in [3.63, 3.8) is 0 Å². The molecule has 0 aromatic heterocycles. The normalized spacial score (nSPS) is 9.91. The second-order valence-corrected chi connectivity index (χ2v) is 4.71. The van der Waals surface area contributed by atoms with E-state index in [0.717, 1.165) is 5.56 Å². The number of carbonyl (C=O) groups is 2. The minimum atomic E-state index is -0.447. The molecule has 0 unspecified atom stereocenters. The molecule has 0 bridgehead atoms. The summed E-state index contributed by atoms with van der Waals surface area (Å²) in [5.74, 6) is -0.0947. The average molecular weight is 299 g/mol. The van der Waals surface area contributed by atoms with Gasteiger partial charge in [0.05, 0.1) is 7.11 Å². The first-order valence-electron chi connectivity index (χ1n) is 6.76. The number of benzene rings is 2. The molecular weight excluding hydrogens is 282 g/mol. The van der Waals surface area contributed by atoms with Gasteiger partial charge in [0.2, 0.25) is 0 Å². The number of amides is 1. The number of methoxy groups -OCH3 is 1. The van der Waals surface area contributed by atoms with E-state index < -0.39 is 5.97 Å². The van der Waals surface area contributed by atoms with E-state index >= 15 is 0 Å². The van der Waals surface area contributed by atoms with Gasteiger partial charge in [-0.2, -0.15) is 0 Å². The zero-order valence-electron chi connectivity index (χ0n) is 12.5. The molecule has 22 heavy (non-hydrogen) atoms. The maximum Gasteiger partial charge on any atom is 0.343 e. The van der Waals surface area contributed by atoms with Gasteiger partial charge in [0, 0.05) is 11.3 Å². The Morgan fingerprint density at radius 1 is 1.09 bits per heavy atom. The zero-order valence-corrected chi connectivity index (χ0v) is 12.5. The summed E-state index contributed by atoms with van der Waals surface area (Å²) in [7, 11) is 1.30. The third-order valence-electron chi connectivity index (χ3n) is 2.98. The van der Waals surface area contributed by atoms with E-state index in [4.69, 9.17) is 4.74 Å². The van der Waals surface area contributed by atoms with Crippen molar-refractivity contribution in [2.45, 2.75) is 6.92 Å². The summed E-state index contributed by atoms with van der Waals surface area (Å²) in [6.07, 6.45) is 0. The molecule has 0 fully saturated rings. The minimum Gasteiger partial charge on any atom is -0.482 e. The number of carbonyl (C=O) groups excluding carboxylic acids is 2. The fourth-order valence-electron chi connectivity index (χ4n) is 1.83. The van der Waals surface area contributed by atoms with Crippen LogP contribution in [0.4, 0.5) is 5.69 Å². The van der Waals surface area contributed by atoms with Crippen molar-refractivity contribution < 1.29 is 19.1 Å². The van der Waals surface area contributed by atoms with Crippen molar-refractivity contribution in [3.8, 4) is 5.75 Å². The molecule has 0 heterocycles.